The number of carbonyl (C=O) groups excluding carboxylic acids is 1. The molecule has 2 aromatic rings. The SMILES string of the molecule is CC(C)C(N)C(=O)Nc1ccc2c(c1)Cc1ccccc1-2.Cl. The predicted octanol–water partition coefficient (Wildman–Crippen LogP) is 3.60. The first-order chi connectivity index (χ1) is 10.1. The number of rotatable bonds is 3. The molecule has 0 saturated carbocycles. The number of amides is 1. The molecule has 0 spiro atoms. The smallest absolute Gasteiger partial charge is 0.241 e. The summed E-state index contributed by atoms with van der Waals surface area (Å²) < 4.78 is 0. The third-order valence-corrected chi connectivity index (χ3v) is 4.08. The highest BCUT2D eigenvalue weighted by Crippen LogP contribution is 2.37. The summed E-state index contributed by atoms with van der Waals surface area (Å²) in [7, 11) is 0. The van der Waals surface area contributed by atoms with E-state index in [1.807, 2.05) is 19.9 Å². The fourth-order valence-corrected chi connectivity index (χ4v) is 2.75. The molecule has 0 aromatic heterocycles. The van der Waals surface area contributed by atoms with Gasteiger partial charge in [0.05, 0.1) is 6.04 Å². The molecule has 116 valence electrons. The number of anilines is 1. The lowest BCUT2D eigenvalue weighted by Crippen LogP contribution is -2.39. The zero-order chi connectivity index (χ0) is 15.0. The van der Waals surface area contributed by atoms with Crippen molar-refractivity contribution in [2.24, 2.45) is 11.7 Å². The van der Waals surface area contributed by atoms with E-state index in [2.05, 4.69) is 41.7 Å². The van der Waals surface area contributed by atoms with Gasteiger partial charge in [-0.1, -0.05) is 44.2 Å². The molecule has 1 amide bonds. The van der Waals surface area contributed by atoms with E-state index in [-0.39, 0.29) is 24.2 Å². The van der Waals surface area contributed by atoms with Crippen molar-refractivity contribution in [2.75, 3.05) is 5.32 Å². The van der Waals surface area contributed by atoms with Gasteiger partial charge in [-0.2, -0.15) is 0 Å². The number of carbonyl (C=O) groups is 1. The lowest BCUT2D eigenvalue weighted by molar-refractivity contribution is -0.118. The van der Waals surface area contributed by atoms with Crippen LogP contribution in [0.3, 0.4) is 0 Å². The Morgan fingerprint density at radius 1 is 1.09 bits per heavy atom. The number of halogens is 1. The van der Waals surface area contributed by atoms with E-state index in [0.29, 0.717) is 0 Å². The normalized spacial score (nSPS) is 13.1. The molecular weight excluding hydrogens is 296 g/mol. The predicted molar refractivity (Wildman–Crippen MR) is 93.4 cm³/mol. The monoisotopic (exact) mass is 316 g/mol. The van der Waals surface area contributed by atoms with E-state index >= 15 is 0 Å². The largest absolute Gasteiger partial charge is 0.325 e. The minimum Gasteiger partial charge on any atom is -0.325 e. The van der Waals surface area contributed by atoms with Crippen LogP contribution in [0.25, 0.3) is 11.1 Å². The maximum Gasteiger partial charge on any atom is 0.241 e. The van der Waals surface area contributed by atoms with Gasteiger partial charge in [-0.05, 0) is 46.7 Å². The Morgan fingerprint density at radius 2 is 1.77 bits per heavy atom. The van der Waals surface area contributed by atoms with Crippen LogP contribution in [-0.4, -0.2) is 11.9 Å². The zero-order valence-corrected chi connectivity index (χ0v) is 13.6. The Bertz CT molecular complexity index is 697. The van der Waals surface area contributed by atoms with Gasteiger partial charge in [-0.3, -0.25) is 4.79 Å². The standard InChI is InChI=1S/C18H20N2O.ClH/c1-11(2)17(19)18(21)20-14-7-8-16-13(10-14)9-12-5-3-4-6-15(12)16;/h3-8,10-11,17H,9,19H2,1-2H3,(H,20,21);1H. The number of fused-ring (bicyclic) bond motifs is 3. The molecule has 1 unspecified atom stereocenters. The topological polar surface area (TPSA) is 55.1 Å². The van der Waals surface area contributed by atoms with Gasteiger partial charge in [-0.15, -0.1) is 12.4 Å². The van der Waals surface area contributed by atoms with Crippen LogP contribution in [0, 0.1) is 5.92 Å². The van der Waals surface area contributed by atoms with Crippen molar-refractivity contribution < 1.29 is 4.79 Å². The second-order valence-corrected chi connectivity index (χ2v) is 5.96. The molecule has 1 atom stereocenters. The second kappa shape index (κ2) is 6.51. The molecule has 2 aromatic carbocycles. The van der Waals surface area contributed by atoms with Crippen LogP contribution in [0.5, 0.6) is 0 Å². The van der Waals surface area contributed by atoms with E-state index in [9.17, 15) is 4.79 Å². The quantitative estimate of drug-likeness (QED) is 0.775. The minimum absolute atomic E-state index is 0. The van der Waals surface area contributed by atoms with E-state index in [1.54, 1.807) is 0 Å². The van der Waals surface area contributed by atoms with E-state index in [4.69, 9.17) is 5.73 Å². The molecule has 0 aliphatic heterocycles. The maximum absolute atomic E-state index is 12.0. The highest BCUT2D eigenvalue weighted by atomic mass is 35.5. The van der Waals surface area contributed by atoms with Crippen LogP contribution in [0.4, 0.5) is 5.69 Å². The van der Waals surface area contributed by atoms with Crippen molar-refractivity contribution in [1.29, 1.82) is 0 Å². The second-order valence-electron chi connectivity index (χ2n) is 5.96. The fourth-order valence-electron chi connectivity index (χ4n) is 2.75. The Kier molecular flexibility index (Phi) is 4.89. The molecule has 0 fully saturated rings. The Morgan fingerprint density at radius 3 is 2.50 bits per heavy atom. The summed E-state index contributed by atoms with van der Waals surface area (Å²) in [4.78, 5) is 12.0. The molecule has 0 heterocycles. The van der Waals surface area contributed by atoms with Gasteiger partial charge in [0.15, 0.2) is 0 Å². The van der Waals surface area contributed by atoms with Crippen LogP contribution in [0.2, 0.25) is 0 Å². The van der Waals surface area contributed by atoms with Crippen molar-refractivity contribution >= 4 is 24.0 Å². The average Bonchev–Trinajstić information content (AvgIpc) is 2.83. The molecule has 4 heteroatoms. The van der Waals surface area contributed by atoms with Crippen LogP contribution in [0.1, 0.15) is 25.0 Å². The van der Waals surface area contributed by atoms with Gasteiger partial charge >= 0.3 is 0 Å². The Balaban J connectivity index is 0.00000176. The molecule has 0 radical (unpaired) electrons. The van der Waals surface area contributed by atoms with Crippen molar-refractivity contribution in [1.82, 2.24) is 0 Å². The molecular formula is C18H21ClN2O. The number of hydrogen-bond acceptors (Lipinski definition) is 2. The third-order valence-electron chi connectivity index (χ3n) is 4.08. The summed E-state index contributed by atoms with van der Waals surface area (Å²) in [6.07, 6.45) is 0.922. The fraction of sp³-hybridized carbons (Fsp3) is 0.278. The summed E-state index contributed by atoms with van der Waals surface area (Å²) in [5.41, 5.74) is 11.9. The van der Waals surface area contributed by atoms with Gasteiger partial charge in [0, 0.05) is 5.69 Å². The maximum atomic E-state index is 12.0. The van der Waals surface area contributed by atoms with Crippen LogP contribution < -0.4 is 11.1 Å². The first-order valence-electron chi connectivity index (χ1n) is 7.34. The summed E-state index contributed by atoms with van der Waals surface area (Å²) >= 11 is 0. The lowest BCUT2D eigenvalue weighted by Gasteiger charge is -2.15. The lowest BCUT2D eigenvalue weighted by atomic mass is 10.0. The molecule has 0 saturated heterocycles. The first kappa shape index (κ1) is 16.5. The molecule has 3 nitrogen and oxygen atoms in total. The highest BCUT2D eigenvalue weighted by Gasteiger charge is 2.20. The number of nitrogens with one attached hydrogen (secondary N) is 1. The van der Waals surface area contributed by atoms with E-state index < -0.39 is 6.04 Å². The van der Waals surface area contributed by atoms with Gasteiger partial charge in [0.25, 0.3) is 0 Å². The Labute approximate surface area is 137 Å². The Hall–Kier alpha value is -1.84. The molecule has 3 rings (SSSR count). The minimum atomic E-state index is -0.476. The van der Waals surface area contributed by atoms with Gasteiger partial charge in [0.1, 0.15) is 0 Å². The molecule has 3 N–H and O–H groups in total. The van der Waals surface area contributed by atoms with Gasteiger partial charge in [0.2, 0.25) is 5.91 Å². The third kappa shape index (κ3) is 3.01. The van der Waals surface area contributed by atoms with Gasteiger partial charge < -0.3 is 11.1 Å². The zero-order valence-electron chi connectivity index (χ0n) is 12.8. The number of hydrogen-bond donors (Lipinski definition) is 2. The molecule has 0 bridgehead atoms. The van der Waals surface area contributed by atoms with Crippen molar-refractivity contribution in [2.45, 2.75) is 26.3 Å². The average molecular weight is 317 g/mol. The van der Waals surface area contributed by atoms with E-state index in [0.717, 1.165) is 12.1 Å². The molecule has 22 heavy (non-hydrogen) atoms. The van der Waals surface area contributed by atoms with Crippen molar-refractivity contribution in [3.8, 4) is 11.1 Å². The molecule has 1 aliphatic rings. The first-order valence-corrected chi connectivity index (χ1v) is 7.34. The number of benzene rings is 2. The van der Waals surface area contributed by atoms with Gasteiger partial charge in [-0.25, -0.2) is 0 Å². The summed E-state index contributed by atoms with van der Waals surface area (Å²) in [5.74, 6) is 0.00384. The van der Waals surface area contributed by atoms with E-state index in [1.165, 1.54) is 22.3 Å². The van der Waals surface area contributed by atoms with Crippen molar-refractivity contribution in [3.63, 3.8) is 0 Å². The summed E-state index contributed by atoms with van der Waals surface area (Å²) in [6, 6.07) is 14.0. The molecule has 1 aliphatic carbocycles. The van der Waals surface area contributed by atoms with Crippen LogP contribution in [-0.2, 0) is 11.2 Å². The summed E-state index contributed by atoms with van der Waals surface area (Å²) in [6.45, 7) is 3.90. The number of nitrogens with two attached hydrogens (primary N) is 1. The summed E-state index contributed by atoms with van der Waals surface area (Å²) in [5, 5.41) is 2.92. The van der Waals surface area contributed by atoms with Crippen LogP contribution in [0.15, 0.2) is 42.5 Å². The van der Waals surface area contributed by atoms with Crippen LogP contribution >= 0.6 is 12.4 Å². The highest BCUT2D eigenvalue weighted by molar-refractivity contribution is 5.95. The van der Waals surface area contributed by atoms with Crippen molar-refractivity contribution in [3.05, 3.63) is 53.6 Å².